The van der Waals surface area contributed by atoms with Gasteiger partial charge in [0.1, 0.15) is 14.7 Å². The maximum atomic E-state index is 12.0. The number of aromatic nitrogens is 2. The van der Waals surface area contributed by atoms with Crippen LogP contribution in [0.25, 0.3) is 10.2 Å². The summed E-state index contributed by atoms with van der Waals surface area (Å²) in [6, 6.07) is 0. The molecule has 0 radical (unpaired) electrons. The summed E-state index contributed by atoms with van der Waals surface area (Å²) in [5.74, 6) is -1.62. The molecule has 106 valence electrons. The second-order valence-corrected chi connectivity index (χ2v) is 5.46. The predicted molar refractivity (Wildman–Crippen MR) is 79.0 cm³/mol. The average molecular weight is 312 g/mol. The summed E-state index contributed by atoms with van der Waals surface area (Å²) in [5, 5.41) is 1.12. The number of thiophene rings is 1. The summed E-state index contributed by atoms with van der Waals surface area (Å²) < 4.78 is 4.69. The zero-order valence-corrected chi connectivity index (χ0v) is 12.4. The van der Waals surface area contributed by atoms with Crippen molar-refractivity contribution in [1.29, 1.82) is 0 Å². The Balaban J connectivity index is 2.59. The van der Waals surface area contributed by atoms with Crippen LogP contribution >= 0.6 is 23.1 Å². The van der Waals surface area contributed by atoms with E-state index in [9.17, 15) is 9.59 Å². The van der Waals surface area contributed by atoms with Gasteiger partial charge in [0.2, 0.25) is 5.95 Å². The highest BCUT2D eigenvalue weighted by Gasteiger charge is 2.26. The maximum absolute atomic E-state index is 12.0. The van der Waals surface area contributed by atoms with Gasteiger partial charge >= 0.3 is 5.97 Å². The molecule has 0 amide bonds. The normalized spacial score (nSPS) is 10.7. The van der Waals surface area contributed by atoms with Gasteiger partial charge in [0.05, 0.1) is 17.7 Å². The monoisotopic (exact) mass is 312 g/mol. The third-order valence-electron chi connectivity index (χ3n) is 2.43. The second kappa shape index (κ2) is 5.63. The molecule has 0 aliphatic heterocycles. The van der Waals surface area contributed by atoms with Crippen LogP contribution in [-0.2, 0) is 9.53 Å². The number of hydrogen-bond acceptors (Lipinski definition) is 9. The minimum absolute atomic E-state index is 0.0956. The third kappa shape index (κ3) is 2.41. The Kier molecular flexibility index (Phi) is 4.09. The van der Waals surface area contributed by atoms with Crippen molar-refractivity contribution in [2.75, 3.05) is 24.3 Å². The lowest BCUT2D eigenvalue weighted by molar-refractivity contribution is -0.137. The number of ketones is 1. The first-order valence-electron chi connectivity index (χ1n) is 5.60. The van der Waals surface area contributed by atoms with E-state index in [1.54, 1.807) is 6.92 Å². The van der Waals surface area contributed by atoms with Gasteiger partial charge in [-0.3, -0.25) is 4.79 Å². The third-order valence-corrected chi connectivity index (χ3v) is 4.21. The van der Waals surface area contributed by atoms with Crippen molar-refractivity contribution in [2.24, 2.45) is 0 Å². The van der Waals surface area contributed by atoms with Crippen molar-refractivity contribution in [3.05, 3.63) is 4.88 Å². The van der Waals surface area contributed by atoms with Crippen molar-refractivity contribution in [1.82, 2.24) is 9.97 Å². The lowest BCUT2D eigenvalue weighted by atomic mass is 10.2. The van der Waals surface area contributed by atoms with E-state index < -0.39 is 11.8 Å². The van der Waals surface area contributed by atoms with Crippen LogP contribution in [0.2, 0.25) is 0 Å². The first-order valence-corrected chi connectivity index (χ1v) is 7.64. The Morgan fingerprint density at radius 1 is 1.35 bits per heavy atom. The molecule has 2 rings (SSSR count). The van der Waals surface area contributed by atoms with E-state index in [-0.39, 0.29) is 23.1 Å². The van der Waals surface area contributed by atoms with E-state index in [0.717, 1.165) is 11.3 Å². The topological polar surface area (TPSA) is 121 Å². The van der Waals surface area contributed by atoms with Crippen LogP contribution < -0.4 is 11.5 Å². The molecule has 0 aliphatic carbocycles. The maximum Gasteiger partial charge on any atom is 0.380 e. The molecule has 0 saturated heterocycles. The van der Waals surface area contributed by atoms with E-state index in [0.29, 0.717) is 15.2 Å². The standard InChI is InChI=1S/C11H12N4O3S2/c1-3-18-10(17)6(16)7-5(12)4-8(19-2)14-11(13)15-9(4)20-7/h3,12H2,1-2H3,(H2,13,14,15). The number of anilines is 2. The Bertz CT molecular complexity index is 699. The fourth-order valence-electron chi connectivity index (χ4n) is 1.61. The molecule has 0 fully saturated rings. The van der Waals surface area contributed by atoms with Gasteiger partial charge in [-0.15, -0.1) is 23.1 Å². The van der Waals surface area contributed by atoms with E-state index in [2.05, 4.69) is 14.7 Å². The van der Waals surface area contributed by atoms with Crippen molar-refractivity contribution in [3.63, 3.8) is 0 Å². The van der Waals surface area contributed by atoms with Gasteiger partial charge in [0.15, 0.2) is 0 Å². The van der Waals surface area contributed by atoms with Crippen molar-refractivity contribution in [2.45, 2.75) is 11.9 Å². The zero-order chi connectivity index (χ0) is 14.9. The molecule has 0 saturated carbocycles. The number of thioether (sulfide) groups is 1. The van der Waals surface area contributed by atoms with Crippen LogP contribution in [0, 0.1) is 0 Å². The molecule has 0 atom stereocenters. The van der Waals surface area contributed by atoms with Crippen LogP contribution in [0.1, 0.15) is 16.6 Å². The Hall–Kier alpha value is -1.87. The first kappa shape index (κ1) is 14.5. The molecule has 0 unspecified atom stereocenters. The number of nitrogens with two attached hydrogens (primary N) is 2. The summed E-state index contributed by atoms with van der Waals surface area (Å²) in [7, 11) is 0. The molecule has 2 aromatic heterocycles. The van der Waals surface area contributed by atoms with Gasteiger partial charge in [-0.2, -0.15) is 0 Å². The molecule has 7 nitrogen and oxygen atoms in total. The summed E-state index contributed by atoms with van der Waals surface area (Å²) >= 11 is 2.35. The highest BCUT2D eigenvalue weighted by atomic mass is 32.2. The Morgan fingerprint density at radius 2 is 2.05 bits per heavy atom. The molecule has 20 heavy (non-hydrogen) atoms. The van der Waals surface area contributed by atoms with E-state index >= 15 is 0 Å². The first-order chi connectivity index (χ1) is 9.49. The number of ether oxygens (including phenoxy) is 1. The molecule has 0 aliphatic rings. The number of fused-ring (bicyclic) bond motifs is 1. The molecular weight excluding hydrogens is 300 g/mol. The lowest BCUT2D eigenvalue weighted by Crippen LogP contribution is -2.17. The highest BCUT2D eigenvalue weighted by Crippen LogP contribution is 2.38. The Morgan fingerprint density at radius 3 is 2.65 bits per heavy atom. The van der Waals surface area contributed by atoms with Crippen LogP contribution in [0.5, 0.6) is 0 Å². The number of carbonyl (C=O) groups excluding carboxylic acids is 2. The summed E-state index contributed by atoms with van der Waals surface area (Å²) in [4.78, 5) is 32.2. The largest absolute Gasteiger partial charge is 0.460 e. The molecule has 0 bridgehead atoms. The fourth-order valence-corrected chi connectivity index (χ4v) is 3.30. The van der Waals surface area contributed by atoms with Crippen molar-refractivity contribution in [3.8, 4) is 0 Å². The van der Waals surface area contributed by atoms with Crippen molar-refractivity contribution >= 4 is 56.7 Å². The molecular formula is C11H12N4O3S2. The molecule has 2 heterocycles. The van der Waals surface area contributed by atoms with Crippen LogP contribution in [0.4, 0.5) is 11.6 Å². The van der Waals surface area contributed by atoms with Gasteiger partial charge in [-0.1, -0.05) is 0 Å². The lowest BCUT2D eigenvalue weighted by Gasteiger charge is -2.01. The molecule has 4 N–H and O–H groups in total. The number of hydrogen-bond donors (Lipinski definition) is 2. The zero-order valence-electron chi connectivity index (χ0n) is 10.8. The summed E-state index contributed by atoms with van der Waals surface area (Å²) in [6.07, 6.45) is 1.81. The number of esters is 1. The molecule has 0 spiro atoms. The number of rotatable bonds is 4. The predicted octanol–water partition coefficient (Wildman–Crippen LogP) is 1.32. The SMILES string of the molecule is CCOC(=O)C(=O)c1sc2nc(N)nc(SC)c2c1N. The quantitative estimate of drug-likeness (QED) is 0.285. The smallest absolute Gasteiger partial charge is 0.380 e. The van der Waals surface area contributed by atoms with Gasteiger partial charge in [0.25, 0.3) is 5.78 Å². The number of Topliss-reactive ketones (excluding diaryl/α,β-unsaturated/α-hetero) is 1. The van der Waals surface area contributed by atoms with E-state index in [1.807, 2.05) is 6.26 Å². The second-order valence-electron chi connectivity index (χ2n) is 3.67. The average Bonchev–Trinajstić information content (AvgIpc) is 2.74. The van der Waals surface area contributed by atoms with Crippen molar-refractivity contribution < 1.29 is 14.3 Å². The number of nitrogen functional groups attached to an aromatic ring is 2. The number of nitrogens with zero attached hydrogens (tertiary/aromatic N) is 2. The van der Waals surface area contributed by atoms with Gasteiger partial charge in [0, 0.05) is 0 Å². The molecule has 2 aromatic rings. The van der Waals surface area contributed by atoms with Gasteiger partial charge in [-0.05, 0) is 13.2 Å². The van der Waals surface area contributed by atoms with Crippen LogP contribution in [0.15, 0.2) is 5.03 Å². The van der Waals surface area contributed by atoms with E-state index in [1.165, 1.54) is 11.8 Å². The summed E-state index contributed by atoms with van der Waals surface area (Å²) in [6.45, 7) is 1.75. The minimum Gasteiger partial charge on any atom is -0.460 e. The van der Waals surface area contributed by atoms with Crippen LogP contribution in [0.3, 0.4) is 0 Å². The molecule has 9 heteroatoms. The van der Waals surface area contributed by atoms with E-state index in [4.69, 9.17) is 11.5 Å². The Labute approximate surface area is 122 Å². The number of carbonyl (C=O) groups is 2. The minimum atomic E-state index is -0.933. The highest BCUT2D eigenvalue weighted by molar-refractivity contribution is 7.98. The fraction of sp³-hybridized carbons (Fsp3) is 0.273. The summed E-state index contributed by atoms with van der Waals surface area (Å²) in [5.41, 5.74) is 11.7. The van der Waals surface area contributed by atoms with Gasteiger partial charge < -0.3 is 16.2 Å². The van der Waals surface area contributed by atoms with Crippen LogP contribution in [-0.4, -0.2) is 34.6 Å². The van der Waals surface area contributed by atoms with Gasteiger partial charge in [-0.25, -0.2) is 14.8 Å². The molecule has 0 aromatic carbocycles.